The zero-order valence-corrected chi connectivity index (χ0v) is 6.30. The van der Waals surface area contributed by atoms with Crippen LogP contribution in [-0.2, 0) is 4.79 Å². The monoisotopic (exact) mass is 158 g/mol. The molecular formula is C6H7ClN2O. The predicted octanol–water partition coefficient (Wildman–Crippen LogP) is 1.04. The molecule has 4 heteroatoms. The number of carbonyl (C=O) groups excluding carboxylic acids is 1. The highest BCUT2D eigenvalue weighted by Gasteiger charge is 2.01. The van der Waals surface area contributed by atoms with E-state index in [1.165, 1.54) is 19.5 Å². The first kappa shape index (κ1) is 9.04. The van der Waals surface area contributed by atoms with E-state index in [4.69, 9.17) is 11.6 Å². The summed E-state index contributed by atoms with van der Waals surface area (Å²) in [5, 5.41) is -0.634. The lowest BCUT2D eigenvalue weighted by atomic mass is 10.4. The van der Waals surface area contributed by atoms with Gasteiger partial charge in [-0.25, -0.2) is 0 Å². The second-order valence-corrected chi connectivity index (χ2v) is 1.70. The molecule has 0 aliphatic rings. The van der Waals surface area contributed by atoms with Crippen LogP contribution in [0, 0.1) is 0 Å². The average Bonchev–Trinajstić information content (AvgIpc) is 1.87. The van der Waals surface area contributed by atoms with Crippen molar-refractivity contribution in [3.63, 3.8) is 0 Å². The minimum atomic E-state index is -0.634. The van der Waals surface area contributed by atoms with Crippen LogP contribution in [0.15, 0.2) is 22.8 Å². The van der Waals surface area contributed by atoms with E-state index in [0.29, 0.717) is 0 Å². The summed E-state index contributed by atoms with van der Waals surface area (Å²) in [4.78, 5) is 17.5. The van der Waals surface area contributed by atoms with Gasteiger partial charge in [-0.3, -0.25) is 14.8 Å². The molecule has 0 radical (unpaired) electrons. The second kappa shape index (κ2) is 4.88. The molecule has 0 heterocycles. The van der Waals surface area contributed by atoms with E-state index in [2.05, 4.69) is 16.6 Å². The first-order valence-electron chi connectivity index (χ1n) is 2.53. The fourth-order valence-corrected chi connectivity index (χ4v) is 0.453. The molecule has 0 saturated heterocycles. The summed E-state index contributed by atoms with van der Waals surface area (Å²) in [5.74, 6) is 0. The van der Waals surface area contributed by atoms with Gasteiger partial charge in [0.05, 0.1) is 6.21 Å². The minimum Gasteiger partial charge on any atom is -0.294 e. The molecule has 3 nitrogen and oxygen atoms in total. The van der Waals surface area contributed by atoms with E-state index in [1.54, 1.807) is 0 Å². The highest BCUT2D eigenvalue weighted by atomic mass is 35.5. The van der Waals surface area contributed by atoms with Crippen molar-refractivity contribution in [1.82, 2.24) is 0 Å². The van der Waals surface area contributed by atoms with Gasteiger partial charge in [-0.15, -0.1) is 0 Å². The van der Waals surface area contributed by atoms with Crippen LogP contribution in [-0.4, -0.2) is 24.2 Å². The highest BCUT2D eigenvalue weighted by Crippen LogP contribution is 1.85. The Morgan fingerprint density at radius 1 is 1.70 bits per heavy atom. The smallest absolute Gasteiger partial charge is 0.272 e. The largest absolute Gasteiger partial charge is 0.294 e. The molecule has 0 spiro atoms. The minimum absolute atomic E-state index is 0.0965. The molecule has 0 atom stereocenters. The Morgan fingerprint density at radius 2 is 2.30 bits per heavy atom. The SMILES string of the molecule is C=CN=C(C=NC)C(=O)Cl. The molecule has 0 fully saturated rings. The van der Waals surface area contributed by atoms with Crippen LogP contribution in [0.5, 0.6) is 0 Å². The maximum atomic E-state index is 10.4. The van der Waals surface area contributed by atoms with Crippen molar-refractivity contribution >= 4 is 28.8 Å². The number of aliphatic imine (C=N–C) groups is 2. The van der Waals surface area contributed by atoms with Gasteiger partial charge >= 0.3 is 0 Å². The molecule has 0 N–H and O–H groups in total. The summed E-state index contributed by atoms with van der Waals surface area (Å²) in [6.07, 6.45) is 2.51. The lowest BCUT2D eigenvalue weighted by Gasteiger charge is -1.86. The number of nitrogens with zero attached hydrogens (tertiary/aromatic N) is 2. The molecule has 0 rings (SSSR count). The Bertz CT molecular complexity index is 196. The molecular weight excluding hydrogens is 152 g/mol. The van der Waals surface area contributed by atoms with Crippen LogP contribution in [0.4, 0.5) is 0 Å². The van der Waals surface area contributed by atoms with Gasteiger partial charge in [-0.2, -0.15) is 0 Å². The molecule has 0 aliphatic carbocycles. The average molecular weight is 159 g/mol. The van der Waals surface area contributed by atoms with E-state index < -0.39 is 5.24 Å². The van der Waals surface area contributed by atoms with Crippen molar-refractivity contribution in [1.29, 1.82) is 0 Å². The maximum absolute atomic E-state index is 10.4. The van der Waals surface area contributed by atoms with Gasteiger partial charge in [0.15, 0.2) is 0 Å². The van der Waals surface area contributed by atoms with E-state index in [9.17, 15) is 4.79 Å². The second-order valence-electron chi connectivity index (χ2n) is 1.36. The number of hydrogen-bond acceptors (Lipinski definition) is 3. The normalized spacial score (nSPS) is 12.0. The van der Waals surface area contributed by atoms with Crippen molar-refractivity contribution in [2.24, 2.45) is 9.98 Å². The molecule has 0 amide bonds. The van der Waals surface area contributed by atoms with Gasteiger partial charge in [0.2, 0.25) is 0 Å². The van der Waals surface area contributed by atoms with E-state index in [0.717, 1.165) is 0 Å². The fraction of sp³-hybridized carbons (Fsp3) is 0.167. The topological polar surface area (TPSA) is 41.8 Å². The first-order chi connectivity index (χ1) is 4.72. The number of hydrogen-bond donors (Lipinski definition) is 0. The molecule has 0 aromatic rings. The van der Waals surface area contributed by atoms with Gasteiger partial charge in [0, 0.05) is 13.2 Å². The third-order valence-electron chi connectivity index (χ3n) is 0.683. The van der Waals surface area contributed by atoms with Crippen molar-refractivity contribution < 1.29 is 4.79 Å². The van der Waals surface area contributed by atoms with Crippen LogP contribution in [0.3, 0.4) is 0 Å². The lowest BCUT2D eigenvalue weighted by Crippen LogP contribution is -2.07. The lowest BCUT2D eigenvalue weighted by molar-refractivity contribution is -0.106. The van der Waals surface area contributed by atoms with Crippen molar-refractivity contribution in [2.45, 2.75) is 0 Å². The summed E-state index contributed by atoms with van der Waals surface area (Å²) in [7, 11) is 1.53. The molecule has 10 heavy (non-hydrogen) atoms. The molecule has 0 saturated carbocycles. The highest BCUT2D eigenvalue weighted by molar-refractivity contribution is 6.89. The quantitative estimate of drug-likeness (QED) is 0.447. The summed E-state index contributed by atoms with van der Waals surface area (Å²) in [6, 6.07) is 0. The van der Waals surface area contributed by atoms with Gasteiger partial charge in [-0.05, 0) is 11.6 Å². The molecule has 0 aromatic carbocycles. The third kappa shape index (κ3) is 3.14. The van der Waals surface area contributed by atoms with Gasteiger partial charge in [0.1, 0.15) is 5.71 Å². The zero-order chi connectivity index (χ0) is 7.98. The third-order valence-corrected chi connectivity index (χ3v) is 0.877. The van der Waals surface area contributed by atoms with E-state index in [-0.39, 0.29) is 5.71 Å². The summed E-state index contributed by atoms with van der Waals surface area (Å²) in [6.45, 7) is 3.31. The molecule has 54 valence electrons. The summed E-state index contributed by atoms with van der Waals surface area (Å²) < 4.78 is 0. The van der Waals surface area contributed by atoms with Crippen molar-refractivity contribution in [2.75, 3.05) is 7.05 Å². The molecule has 0 bridgehead atoms. The van der Waals surface area contributed by atoms with Gasteiger partial charge in [0.25, 0.3) is 5.24 Å². The Hall–Kier alpha value is -0.960. The first-order valence-corrected chi connectivity index (χ1v) is 2.91. The molecule has 0 aromatic heterocycles. The Morgan fingerprint density at radius 3 is 2.60 bits per heavy atom. The maximum Gasteiger partial charge on any atom is 0.272 e. The standard InChI is InChI=1S/C6H7ClN2O/c1-3-9-5(4-8-2)6(7)10/h3-4H,1H2,2H3. The Labute approximate surface area is 64.1 Å². The predicted molar refractivity (Wildman–Crippen MR) is 42.9 cm³/mol. The Balaban J connectivity index is 4.41. The van der Waals surface area contributed by atoms with Crippen LogP contribution >= 0.6 is 11.6 Å². The van der Waals surface area contributed by atoms with Crippen LogP contribution < -0.4 is 0 Å². The van der Waals surface area contributed by atoms with Crippen LogP contribution in [0.2, 0.25) is 0 Å². The summed E-state index contributed by atoms with van der Waals surface area (Å²) >= 11 is 5.09. The zero-order valence-electron chi connectivity index (χ0n) is 5.54. The molecule has 0 unspecified atom stereocenters. The number of rotatable bonds is 3. The summed E-state index contributed by atoms with van der Waals surface area (Å²) in [5.41, 5.74) is 0.0965. The molecule has 0 aliphatic heterocycles. The van der Waals surface area contributed by atoms with Crippen molar-refractivity contribution in [3.8, 4) is 0 Å². The van der Waals surface area contributed by atoms with E-state index >= 15 is 0 Å². The van der Waals surface area contributed by atoms with E-state index in [1.807, 2.05) is 0 Å². The number of halogens is 1. The van der Waals surface area contributed by atoms with Crippen LogP contribution in [0.25, 0.3) is 0 Å². The Kier molecular flexibility index (Phi) is 4.41. The number of carbonyl (C=O) groups is 1. The van der Waals surface area contributed by atoms with Crippen molar-refractivity contribution in [3.05, 3.63) is 12.8 Å². The van der Waals surface area contributed by atoms with Gasteiger partial charge < -0.3 is 0 Å². The van der Waals surface area contributed by atoms with Crippen LogP contribution in [0.1, 0.15) is 0 Å². The van der Waals surface area contributed by atoms with Gasteiger partial charge in [-0.1, -0.05) is 6.58 Å². The fourth-order valence-electron chi connectivity index (χ4n) is 0.355.